The van der Waals surface area contributed by atoms with Crippen LogP contribution in [-0.2, 0) is 11.3 Å². The fourth-order valence-corrected chi connectivity index (χ4v) is 3.81. The molecule has 2 aliphatic rings. The zero-order valence-corrected chi connectivity index (χ0v) is 15.0. The number of hydrogen-bond acceptors (Lipinski definition) is 4. The van der Waals surface area contributed by atoms with E-state index >= 15 is 0 Å². The Balaban J connectivity index is 1.61. The summed E-state index contributed by atoms with van der Waals surface area (Å²) >= 11 is 0. The molecule has 1 atom stereocenters. The van der Waals surface area contributed by atoms with E-state index in [0.717, 1.165) is 44.7 Å². The molecule has 138 valence electrons. The lowest BCUT2D eigenvalue weighted by Gasteiger charge is -2.43. The second-order valence-electron chi connectivity index (χ2n) is 7.20. The Kier molecular flexibility index (Phi) is 5.71. The third-order valence-corrected chi connectivity index (χ3v) is 5.39. The molecule has 1 aromatic carbocycles. The molecular weight excluding hydrogens is 321 g/mol. The standard InChI is InChI=1S/C19H28FN3O2/c1-2-21-10-12-22(13-11-21)15-19(25)8-3-9-23(18(19)24)14-16-4-6-17(20)7-5-16/h4-7,25H,2-3,8-15H2,1H3/t19-/m1/s1. The molecule has 2 aliphatic heterocycles. The SMILES string of the molecule is CCN1CCN(C[C@]2(O)CCCN(Cc3ccc(F)cc3)C2=O)CC1. The summed E-state index contributed by atoms with van der Waals surface area (Å²) in [6.45, 7) is 8.42. The van der Waals surface area contributed by atoms with Crippen molar-refractivity contribution in [1.29, 1.82) is 0 Å². The average molecular weight is 349 g/mol. The van der Waals surface area contributed by atoms with Crippen molar-refractivity contribution in [1.82, 2.24) is 14.7 Å². The normalized spacial score (nSPS) is 26.2. The molecule has 0 saturated carbocycles. The molecule has 5 nitrogen and oxygen atoms in total. The van der Waals surface area contributed by atoms with Crippen LogP contribution in [0.4, 0.5) is 4.39 Å². The number of hydrogen-bond donors (Lipinski definition) is 1. The van der Waals surface area contributed by atoms with Gasteiger partial charge in [0.15, 0.2) is 5.60 Å². The smallest absolute Gasteiger partial charge is 0.256 e. The molecule has 1 N–H and O–H groups in total. The van der Waals surface area contributed by atoms with Crippen molar-refractivity contribution in [2.45, 2.75) is 31.9 Å². The number of piperazine rings is 1. The molecule has 0 aromatic heterocycles. The number of carbonyl (C=O) groups is 1. The summed E-state index contributed by atoms with van der Waals surface area (Å²) < 4.78 is 13.0. The first kappa shape index (κ1) is 18.3. The van der Waals surface area contributed by atoms with Gasteiger partial charge >= 0.3 is 0 Å². The molecule has 0 radical (unpaired) electrons. The summed E-state index contributed by atoms with van der Waals surface area (Å²) in [6.07, 6.45) is 1.30. The molecule has 1 aromatic rings. The fraction of sp³-hybridized carbons (Fsp3) is 0.632. The molecule has 3 rings (SSSR count). The van der Waals surface area contributed by atoms with Crippen molar-refractivity contribution >= 4 is 5.91 Å². The van der Waals surface area contributed by atoms with Crippen molar-refractivity contribution in [3.63, 3.8) is 0 Å². The van der Waals surface area contributed by atoms with Crippen LogP contribution in [0.2, 0.25) is 0 Å². The molecule has 2 heterocycles. The monoisotopic (exact) mass is 349 g/mol. The summed E-state index contributed by atoms with van der Waals surface area (Å²) in [5.74, 6) is -0.475. The number of nitrogens with zero attached hydrogens (tertiary/aromatic N) is 3. The van der Waals surface area contributed by atoms with Crippen LogP contribution in [-0.4, -0.2) is 77.1 Å². The molecule has 25 heavy (non-hydrogen) atoms. The Labute approximate surface area is 149 Å². The van der Waals surface area contributed by atoms with Gasteiger partial charge in [0.25, 0.3) is 5.91 Å². The van der Waals surface area contributed by atoms with Crippen molar-refractivity contribution in [2.24, 2.45) is 0 Å². The minimum atomic E-state index is -1.30. The lowest BCUT2D eigenvalue weighted by atomic mass is 9.90. The van der Waals surface area contributed by atoms with Gasteiger partial charge in [-0.25, -0.2) is 4.39 Å². The van der Waals surface area contributed by atoms with Gasteiger partial charge in [0.2, 0.25) is 0 Å². The fourth-order valence-electron chi connectivity index (χ4n) is 3.81. The number of benzene rings is 1. The highest BCUT2D eigenvalue weighted by Crippen LogP contribution is 2.26. The van der Waals surface area contributed by atoms with Crippen LogP contribution in [0.3, 0.4) is 0 Å². The second kappa shape index (κ2) is 7.81. The van der Waals surface area contributed by atoms with Crippen LogP contribution >= 0.6 is 0 Å². The first-order chi connectivity index (χ1) is 12.0. The number of carbonyl (C=O) groups excluding carboxylic acids is 1. The Morgan fingerprint density at radius 1 is 1.08 bits per heavy atom. The van der Waals surface area contributed by atoms with Gasteiger partial charge in [-0.2, -0.15) is 0 Å². The number of likely N-dealkylation sites (N-methyl/N-ethyl adjacent to an activating group) is 1. The van der Waals surface area contributed by atoms with Gasteiger partial charge in [-0.1, -0.05) is 19.1 Å². The van der Waals surface area contributed by atoms with E-state index in [4.69, 9.17) is 0 Å². The largest absolute Gasteiger partial charge is 0.379 e. The molecule has 0 spiro atoms. The van der Waals surface area contributed by atoms with Crippen molar-refractivity contribution in [3.8, 4) is 0 Å². The summed E-state index contributed by atoms with van der Waals surface area (Å²) in [4.78, 5) is 19.2. The lowest BCUT2D eigenvalue weighted by Crippen LogP contribution is -2.60. The number of β-amino-alcohol motifs (C(OH)–C–C–N with tert-alkyl or cyclic N) is 1. The van der Waals surface area contributed by atoms with E-state index in [1.54, 1.807) is 17.0 Å². The first-order valence-electron chi connectivity index (χ1n) is 9.21. The minimum absolute atomic E-state index is 0.194. The Hall–Kier alpha value is -1.50. The Bertz CT molecular complexity index is 587. The van der Waals surface area contributed by atoms with Crippen LogP contribution in [0.15, 0.2) is 24.3 Å². The highest BCUT2D eigenvalue weighted by atomic mass is 19.1. The van der Waals surface area contributed by atoms with Crippen molar-refractivity contribution in [2.75, 3.05) is 45.8 Å². The van der Waals surface area contributed by atoms with E-state index in [1.807, 2.05) is 0 Å². The molecular formula is C19H28FN3O2. The molecule has 6 heteroatoms. The summed E-state index contributed by atoms with van der Waals surface area (Å²) in [5, 5.41) is 11.0. The highest BCUT2D eigenvalue weighted by Gasteiger charge is 2.43. The average Bonchev–Trinajstić information content (AvgIpc) is 2.62. The quantitative estimate of drug-likeness (QED) is 0.871. The minimum Gasteiger partial charge on any atom is -0.379 e. The topological polar surface area (TPSA) is 47.0 Å². The number of halogens is 1. The van der Waals surface area contributed by atoms with Gasteiger partial charge in [0.1, 0.15) is 5.82 Å². The molecule has 0 bridgehead atoms. The number of aliphatic hydroxyl groups is 1. The van der Waals surface area contributed by atoms with Crippen LogP contribution in [0.25, 0.3) is 0 Å². The van der Waals surface area contributed by atoms with Gasteiger partial charge in [0.05, 0.1) is 0 Å². The number of likely N-dealkylation sites (tertiary alicyclic amines) is 1. The van der Waals surface area contributed by atoms with Crippen molar-refractivity contribution < 1.29 is 14.3 Å². The van der Waals surface area contributed by atoms with Gasteiger partial charge in [-0.3, -0.25) is 9.69 Å². The van der Waals surface area contributed by atoms with Crippen LogP contribution in [0.1, 0.15) is 25.3 Å². The number of rotatable bonds is 5. The maximum atomic E-state index is 13.0. The predicted molar refractivity (Wildman–Crippen MR) is 94.6 cm³/mol. The molecule has 2 saturated heterocycles. The van der Waals surface area contributed by atoms with Crippen LogP contribution in [0, 0.1) is 5.82 Å². The molecule has 2 fully saturated rings. The number of piperidine rings is 1. The van der Waals surface area contributed by atoms with Gasteiger partial charge in [0, 0.05) is 45.8 Å². The zero-order chi connectivity index (χ0) is 17.9. The van der Waals surface area contributed by atoms with Gasteiger partial charge in [-0.15, -0.1) is 0 Å². The first-order valence-corrected chi connectivity index (χ1v) is 9.21. The van der Waals surface area contributed by atoms with E-state index in [1.165, 1.54) is 12.1 Å². The zero-order valence-electron chi connectivity index (χ0n) is 15.0. The maximum Gasteiger partial charge on any atom is 0.256 e. The van der Waals surface area contributed by atoms with E-state index < -0.39 is 5.60 Å². The lowest BCUT2D eigenvalue weighted by molar-refractivity contribution is -0.160. The third-order valence-electron chi connectivity index (χ3n) is 5.39. The molecule has 1 amide bonds. The maximum absolute atomic E-state index is 13.0. The second-order valence-corrected chi connectivity index (χ2v) is 7.20. The van der Waals surface area contributed by atoms with Gasteiger partial charge < -0.3 is 14.9 Å². The molecule has 0 aliphatic carbocycles. The van der Waals surface area contributed by atoms with E-state index in [2.05, 4.69) is 16.7 Å². The highest BCUT2D eigenvalue weighted by molar-refractivity contribution is 5.86. The van der Waals surface area contributed by atoms with Crippen LogP contribution < -0.4 is 0 Å². The van der Waals surface area contributed by atoms with Gasteiger partial charge in [-0.05, 0) is 37.1 Å². The number of amides is 1. The van der Waals surface area contributed by atoms with Crippen molar-refractivity contribution in [3.05, 3.63) is 35.6 Å². The summed E-state index contributed by atoms with van der Waals surface area (Å²) in [6, 6.07) is 6.20. The van der Waals surface area contributed by atoms with E-state index in [9.17, 15) is 14.3 Å². The van der Waals surface area contributed by atoms with Crippen LogP contribution in [0.5, 0.6) is 0 Å². The van der Waals surface area contributed by atoms with E-state index in [-0.39, 0.29) is 11.7 Å². The van der Waals surface area contributed by atoms with E-state index in [0.29, 0.717) is 26.1 Å². The summed E-state index contributed by atoms with van der Waals surface area (Å²) in [7, 11) is 0. The third kappa shape index (κ3) is 4.37. The molecule has 0 unspecified atom stereocenters. The summed E-state index contributed by atoms with van der Waals surface area (Å²) in [5.41, 5.74) is -0.414. The Morgan fingerprint density at radius 3 is 2.36 bits per heavy atom. The predicted octanol–water partition coefficient (Wildman–Crippen LogP) is 1.32. The Morgan fingerprint density at radius 2 is 1.72 bits per heavy atom.